The van der Waals surface area contributed by atoms with Crippen molar-refractivity contribution in [2.24, 2.45) is 0 Å². The van der Waals surface area contributed by atoms with Crippen molar-refractivity contribution < 1.29 is 4.74 Å². The van der Waals surface area contributed by atoms with Gasteiger partial charge in [-0.25, -0.2) is 9.97 Å². The second-order valence-corrected chi connectivity index (χ2v) is 5.53. The third-order valence-corrected chi connectivity index (χ3v) is 3.76. The van der Waals surface area contributed by atoms with Crippen LogP contribution >= 0.6 is 36.4 Å². The molecular weight excluding hydrogens is 383 g/mol. The Hall–Kier alpha value is -2.21. The van der Waals surface area contributed by atoms with Gasteiger partial charge in [0.15, 0.2) is 0 Å². The fourth-order valence-electron chi connectivity index (χ4n) is 2.37. The molecule has 0 amide bonds. The van der Waals surface area contributed by atoms with E-state index in [1.807, 2.05) is 41.1 Å². The molecule has 5 nitrogen and oxygen atoms in total. The molecule has 0 fully saturated rings. The second kappa shape index (κ2) is 8.25. The number of nitrogens with zero attached hydrogens (tertiary/aromatic N) is 3. The van der Waals surface area contributed by atoms with E-state index in [4.69, 9.17) is 16.3 Å². The number of aromatic amines is 1. The first kappa shape index (κ1) is 19.1. The van der Waals surface area contributed by atoms with E-state index in [-0.39, 0.29) is 24.8 Å². The van der Waals surface area contributed by atoms with Gasteiger partial charge in [0.1, 0.15) is 18.2 Å². The lowest BCUT2D eigenvalue weighted by atomic mass is 10.3. The van der Waals surface area contributed by atoms with Gasteiger partial charge in [-0.15, -0.1) is 24.8 Å². The molecule has 8 heteroatoms. The molecule has 0 aliphatic rings. The Morgan fingerprint density at radius 3 is 2.60 bits per heavy atom. The highest BCUT2D eigenvalue weighted by molar-refractivity contribution is 6.30. The molecule has 0 aliphatic carbocycles. The quantitative estimate of drug-likeness (QED) is 0.537. The maximum absolute atomic E-state index is 5.86. The lowest BCUT2D eigenvalue weighted by Gasteiger charge is -2.03. The molecule has 2 aromatic heterocycles. The number of halogens is 3. The van der Waals surface area contributed by atoms with Crippen LogP contribution in [0.1, 0.15) is 5.82 Å². The zero-order valence-electron chi connectivity index (χ0n) is 12.9. The summed E-state index contributed by atoms with van der Waals surface area (Å²) in [7, 11) is 0. The minimum absolute atomic E-state index is 0. The molecule has 0 saturated carbocycles. The molecule has 0 bridgehead atoms. The van der Waals surface area contributed by atoms with E-state index < -0.39 is 0 Å². The molecule has 25 heavy (non-hydrogen) atoms. The summed E-state index contributed by atoms with van der Waals surface area (Å²) in [4.78, 5) is 11.9. The van der Waals surface area contributed by atoms with Crippen LogP contribution in [0.3, 0.4) is 0 Å². The van der Waals surface area contributed by atoms with Gasteiger partial charge in [-0.1, -0.05) is 11.6 Å². The van der Waals surface area contributed by atoms with Crippen LogP contribution in [0.2, 0.25) is 5.02 Å². The fourth-order valence-corrected chi connectivity index (χ4v) is 2.50. The molecule has 4 rings (SSSR count). The predicted octanol–water partition coefficient (Wildman–Crippen LogP) is 4.82. The van der Waals surface area contributed by atoms with Crippen molar-refractivity contribution in [3.8, 4) is 11.4 Å². The number of fused-ring (bicyclic) bond motifs is 1. The van der Waals surface area contributed by atoms with Crippen LogP contribution < -0.4 is 4.74 Å². The Labute approximate surface area is 161 Å². The molecule has 2 aromatic carbocycles. The highest BCUT2D eigenvalue weighted by Crippen LogP contribution is 2.19. The van der Waals surface area contributed by atoms with E-state index in [2.05, 4.69) is 15.0 Å². The second-order valence-electron chi connectivity index (χ2n) is 5.10. The maximum atomic E-state index is 5.86. The van der Waals surface area contributed by atoms with E-state index in [1.54, 1.807) is 24.7 Å². The van der Waals surface area contributed by atoms with Gasteiger partial charge in [0.2, 0.25) is 0 Å². The maximum Gasteiger partial charge on any atom is 0.146 e. The van der Waals surface area contributed by atoms with Gasteiger partial charge in [-0.2, -0.15) is 0 Å². The lowest BCUT2D eigenvalue weighted by Crippen LogP contribution is -1.97. The van der Waals surface area contributed by atoms with Crippen LogP contribution in [-0.4, -0.2) is 19.5 Å². The fraction of sp³-hybridized carbons (Fsp3) is 0.0588. The number of nitrogens with one attached hydrogen (secondary N) is 1. The van der Waals surface area contributed by atoms with Gasteiger partial charge < -0.3 is 14.3 Å². The highest BCUT2D eigenvalue weighted by Gasteiger charge is 2.05. The molecule has 1 N–H and O–H groups in total. The number of hydrogen-bond acceptors (Lipinski definition) is 3. The third-order valence-electron chi connectivity index (χ3n) is 3.51. The van der Waals surface area contributed by atoms with E-state index >= 15 is 0 Å². The van der Waals surface area contributed by atoms with Crippen LogP contribution in [-0.2, 0) is 6.61 Å². The molecule has 0 aliphatic heterocycles. The Morgan fingerprint density at radius 1 is 1.08 bits per heavy atom. The summed E-state index contributed by atoms with van der Waals surface area (Å²) >= 11 is 5.86. The zero-order valence-corrected chi connectivity index (χ0v) is 15.3. The summed E-state index contributed by atoms with van der Waals surface area (Å²) < 4.78 is 7.66. The molecule has 0 spiro atoms. The number of hydrogen-bond donors (Lipinski definition) is 1. The highest BCUT2D eigenvalue weighted by atomic mass is 35.5. The van der Waals surface area contributed by atoms with Gasteiger partial charge in [-0.3, -0.25) is 0 Å². The number of H-pyrrole nitrogens is 1. The van der Waals surface area contributed by atoms with Crippen molar-refractivity contribution in [1.29, 1.82) is 0 Å². The first-order valence-electron chi connectivity index (χ1n) is 7.13. The largest absolute Gasteiger partial charge is 0.486 e. The standard InChI is InChI=1S/C17H13ClN4O.2ClH/c18-12-1-4-14(5-2-12)23-10-17-20-15-6-3-13(9-16(15)21-17)22-8-7-19-11-22;;/h1-9,11H,10H2,(H,20,21);2*1H. The summed E-state index contributed by atoms with van der Waals surface area (Å²) in [6.45, 7) is 0.372. The minimum Gasteiger partial charge on any atom is -0.486 e. The Bertz CT molecular complexity index is 936. The van der Waals surface area contributed by atoms with Crippen molar-refractivity contribution in [2.45, 2.75) is 6.61 Å². The van der Waals surface area contributed by atoms with Gasteiger partial charge >= 0.3 is 0 Å². The van der Waals surface area contributed by atoms with E-state index in [1.165, 1.54) is 0 Å². The van der Waals surface area contributed by atoms with Gasteiger partial charge in [0.25, 0.3) is 0 Å². The third kappa shape index (κ3) is 4.25. The van der Waals surface area contributed by atoms with Gasteiger partial charge in [0, 0.05) is 23.1 Å². The van der Waals surface area contributed by atoms with E-state index in [0.29, 0.717) is 11.6 Å². The Morgan fingerprint density at radius 2 is 1.88 bits per heavy atom. The predicted molar refractivity (Wildman–Crippen MR) is 103 cm³/mol. The summed E-state index contributed by atoms with van der Waals surface area (Å²) in [5.41, 5.74) is 2.90. The Kier molecular flexibility index (Phi) is 6.31. The van der Waals surface area contributed by atoms with Crippen molar-refractivity contribution >= 4 is 47.4 Å². The molecule has 0 saturated heterocycles. The monoisotopic (exact) mass is 396 g/mol. The summed E-state index contributed by atoms with van der Waals surface area (Å²) in [5, 5.41) is 0.688. The van der Waals surface area contributed by atoms with E-state index in [9.17, 15) is 0 Å². The summed E-state index contributed by atoms with van der Waals surface area (Å²) in [6.07, 6.45) is 5.42. The molecule has 130 valence electrons. The lowest BCUT2D eigenvalue weighted by molar-refractivity contribution is 0.297. The van der Waals surface area contributed by atoms with Crippen molar-refractivity contribution in [3.63, 3.8) is 0 Å². The normalized spacial score (nSPS) is 10.1. The van der Waals surface area contributed by atoms with Crippen molar-refractivity contribution in [1.82, 2.24) is 19.5 Å². The molecule has 0 radical (unpaired) electrons. The average molecular weight is 398 g/mol. The summed E-state index contributed by atoms with van der Waals surface area (Å²) in [6, 6.07) is 13.3. The van der Waals surface area contributed by atoms with Crippen molar-refractivity contribution in [2.75, 3.05) is 0 Å². The number of ether oxygens (including phenoxy) is 1. The van der Waals surface area contributed by atoms with Crippen LogP contribution in [0, 0.1) is 0 Å². The summed E-state index contributed by atoms with van der Waals surface area (Å²) in [5.74, 6) is 1.53. The molecule has 0 unspecified atom stereocenters. The van der Waals surface area contributed by atoms with Crippen LogP contribution in [0.4, 0.5) is 0 Å². The van der Waals surface area contributed by atoms with Crippen LogP contribution in [0.15, 0.2) is 61.2 Å². The number of aromatic nitrogens is 4. The zero-order chi connectivity index (χ0) is 15.6. The smallest absolute Gasteiger partial charge is 0.146 e. The van der Waals surface area contributed by atoms with Gasteiger partial charge in [-0.05, 0) is 42.5 Å². The molecule has 4 aromatic rings. The van der Waals surface area contributed by atoms with E-state index in [0.717, 1.165) is 28.3 Å². The van der Waals surface area contributed by atoms with Crippen LogP contribution in [0.25, 0.3) is 16.7 Å². The first-order chi connectivity index (χ1) is 11.3. The van der Waals surface area contributed by atoms with Crippen LogP contribution in [0.5, 0.6) is 5.75 Å². The topological polar surface area (TPSA) is 55.7 Å². The SMILES string of the molecule is Cl.Cl.Clc1ccc(OCc2nc3ccc(-n4ccnc4)cc3[nH]2)cc1. The molecule has 0 atom stereocenters. The molecular formula is C17H15Cl3N4O. The number of benzene rings is 2. The van der Waals surface area contributed by atoms with Gasteiger partial charge in [0.05, 0.1) is 17.4 Å². The number of rotatable bonds is 4. The van der Waals surface area contributed by atoms with Crippen molar-refractivity contribution in [3.05, 3.63) is 72.0 Å². The minimum atomic E-state index is 0. The number of imidazole rings is 2. The Balaban J connectivity index is 0.00000113. The molecule has 2 heterocycles. The average Bonchev–Trinajstić information content (AvgIpc) is 3.23. The first-order valence-corrected chi connectivity index (χ1v) is 7.51.